The van der Waals surface area contributed by atoms with Gasteiger partial charge in [-0.15, -0.1) is 0 Å². The Bertz CT molecular complexity index is 359. The minimum atomic E-state index is -1.03. The van der Waals surface area contributed by atoms with Gasteiger partial charge in [0, 0.05) is 0 Å². The molecule has 0 aromatic rings. The monoisotopic (exact) mass is 246 g/mol. The zero-order valence-corrected chi connectivity index (χ0v) is 10.3. The van der Waals surface area contributed by atoms with Crippen molar-refractivity contribution in [2.45, 2.75) is 27.2 Å². The summed E-state index contributed by atoms with van der Waals surface area (Å²) < 4.78 is 4.69. The van der Waals surface area contributed by atoms with E-state index in [1.165, 1.54) is 6.08 Å². The van der Waals surface area contributed by atoms with Gasteiger partial charge in [-0.3, -0.25) is 4.79 Å². The molecule has 1 atom stereocenters. The van der Waals surface area contributed by atoms with E-state index in [-0.39, 0.29) is 17.1 Å². The lowest BCUT2D eigenvalue weighted by Crippen LogP contribution is -2.19. The molecule has 90 valence electrons. The van der Waals surface area contributed by atoms with Gasteiger partial charge in [-0.2, -0.15) is 0 Å². The summed E-state index contributed by atoms with van der Waals surface area (Å²) in [4.78, 5) is 22.4. The minimum Gasteiger partial charge on any atom is -0.481 e. The molecular weight excluding hydrogens is 232 g/mol. The van der Waals surface area contributed by atoms with E-state index in [0.717, 1.165) is 0 Å². The zero-order valence-electron chi connectivity index (χ0n) is 9.54. The smallest absolute Gasteiger partial charge is 0.349 e. The molecule has 1 saturated carbocycles. The Morgan fingerprint density at radius 3 is 2.31 bits per heavy atom. The third-order valence-electron chi connectivity index (χ3n) is 3.03. The molecule has 0 radical (unpaired) electrons. The standard InChI is InChI=1S/C11H15ClO4/c1-4-16-8(13)7(12)5-11(9(14)15)6-10(11,2)3/h5H,4,6H2,1-3H3,(H,14,15). The third-order valence-corrected chi connectivity index (χ3v) is 3.29. The summed E-state index contributed by atoms with van der Waals surface area (Å²) in [7, 11) is 0. The molecule has 0 amide bonds. The van der Waals surface area contributed by atoms with Gasteiger partial charge in [0.15, 0.2) is 0 Å². The van der Waals surface area contributed by atoms with Crippen molar-refractivity contribution in [3.05, 3.63) is 11.1 Å². The van der Waals surface area contributed by atoms with Crippen LogP contribution in [0, 0.1) is 10.8 Å². The highest BCUT2D eigenvalue weighted by Crippen LogP contribution is 2.65. The normalized spacial score (nSPS) is 27.4. The molecule has 0 saturated heterocycles. The summed E-state index contributed by atoms with van der Waals surface area (Å²) in [5, 5.41) is 8.99. The first-order valence-electron chi connectivity index (χ1n) is 5.06. The Labute approximate surface area is 99.2 Å². The van der Waals surface area contributed by atoms with E-state index < -0.39 is 17.4 Å². The molecule has 1 aliphatic rings. The van der Waals surface area contributed by atoms with Gasteiger partial charge in [-0.05, 0) is 24.8 Å². The van der Waals surface area contributed by atoms with Gasteiger partial charge in [-0.1, -0.05) is 25.4 Å². The summed E-state index contributed by atoms with van der Waals surface area (Å²) in [5.74, 6) is -1.63. The average Bonchev–Trinajstić information content (AvgIpc) is 2.70. The molecule has 1 fully saturated rings. The fourth-order valence-corrected chi connectivity index (χ4v) is 2.04. The van der Waals surface area contributed by atoms with E-state index in [9.17, 15) is 9.59 Å². The molecule has 0 aliphatic heterocycles. The van der Waals surface area contributed by atoms with Gasteiger partial charge < -0.3 is 9.84 Å². The van der Waals surface area contributed by atoms with Crippen LogP contribution in [0.5, 0.6) is 0 Å². The highest BCUT2D eigenvalue weighted by molar-refractivity contribution is 6.41. The first-order chi connectivity index (χ1) is 7.27. The molecule has 0 aromatic carbocycles. The number of esters is 1. The number of hydrogen-bond donors (Lipinski definition) is 1. The molecule has 1 N–H and O–H groups in total. The van der Waals surface area contributed by atoms with E-state index in [4.69, 9.17) is 21.4 Å². The second kappa shape index (κ2) is 4.09. The van der Waals surface area contributed by atoms with Crippen molar-refractivity contribution in [3.63, 3.8) is 0 Å². The third kappa shape index (κ3) is 2.07. The van der Waals surface area contributed by atoms with E-state index in [2.05, 4.69) is 0 Å². The fraction of sp³-hybridized carbons (Fsp3) is 0.636. The summed E-state index contributed by atoms with van der Waals surface area (Å²) in [6.45, 7) is 5.53. The lowest BCUT2D eigenvalue weighted by Gasteiger charge is -2.11. The van der Waals surface area contributed by atoms with Crippen LogP contribution in [0.2, 0.25) is 0 Å². The Morgan fingerprint density at radius 1 is 1.50 bits per heavy atom. The van der Waals surface area contributed by atoms with Gasteiger partial charge in [0.1, 0.15) is 5.03 Å². The zero-order chi connectivity index (χ0) is 12.6. The number of carbonyl (C=O) groups is 2. The van der Waals surface area contributed by atoms with Crippen LogP contribution in [-0.4, -0.2) is 23.7 Å². The maximum atomic E-state index is 11.3. The van der Waals surface area contributed by atoms with Crippen LogP contribution in [0.15, 0.2) is 11.1 Å². The van der Waals surface area contributed by atoms with Crippen molar-refractivity contribution in [3.8, 4) is 0 Å². The summed E-state index contributed by atoms with van der Waals surface area (Å²) in [6.07, 6.45) is 1.78. The Morgan fingerprint density at radius 2 is 2.00 bits per heavy atom. The van der Waals surface area contributed by atoms with Crippen LogP contribution in [0.25, 0.3) is 0 Å². The molecule has 5 heteroatoms. The van der Waals surface area contributed by atoms with Crippen LogP contribution in [0.3, 0.4) is 0 Å². The average molecular weight is 247 g/mol. The molecule has 1 rings (SSSR count). The molecule has 0 bridgehead atoms. The number of hydrogen-bond acceptors (Lipinski definition) is 3. The number of carboxylic acid groups (broad SMARTS) is 1. The fourth-order valence-electron chi connectivity index (χ4n) is 1.80. The molecule has 0 spiro atoms. The van der Waals surface area contributed by atoms with Gasteiger partial charge in [0.2, 0.25) is 0 Å². The quantitative estimate of drug-likeness (QED) is 0.610. The van der Waals surface area contributed by atoms with Crippen LogP contribution < -0.4 is 0 Å². The van der Waals surface area contributed by atoms with Crippen molar-refractivity contribution in [1.29, 1.82) is 0 Å². The highest BCUT2D eigenvalue weighted by atomic mass is 35.5. The largest absolute Gasteiger partial charge is 0.481 e. The number of rotatable bonds is 4. The van der Waals surface area contributed by atoms with E-state index in [1.54, 1.807) is 6.92 Å². The van der Waals surface area contributed by atoms with Crippen molar-refractivity contribution >= 4 is 23.5 Å². The first-order valence-corrected chi connectivity index (χ1v) is 5.43. The Balaban J connectivity index is 2.90. The highest BCUT2D eigenvalue weighted by Gasteiger charge is 2.65. The van der Waals surface area contributed by atoms with Crippen molar-refractivity contribution in [1.82, 2.24) is 0 Å². The minimum absolute atomic E-state index is 0.158. The number of halogens is 1. The lowest BCUT2D eigenvalue weighted by molar-refractivity contribution is -0.142. The second-order valence-electron chi connectivity index (χ2n) is 4.55. The maximum absolute atomic E-state index is 11.3. The van der Waals surface area contributed by atoms with Crippen molar-refractivity contribution in [2.75, 3.05) is 6.61 Å². The summed E-state index contributed by atoms with van der Waals surface area (Å²) in [6, 6.07) is 0. The van der Waals surface area contributed by atoms with Crippen molar-refractivity contribution in [2.24, 2.45) is 10.8 Å². The SMILES string of the molecule is CCOC(=O)C(Cl)=CC1(C(=O)O)CC1(C)C. The number of carboxylic acids is 1. The van der Waals surface area contributed by atoms with Crippen LogP contribution in [0.1, 0.15) is 27.2 Å². The predicted molar refractivity (Wildman–Crippen MR) is 59.0 cm³/mol. The predicted octanol–water partition coefficient (Wildman–Crippen LogP) is 2.17. The molecule has 0 heterocycles. The topological polar surface area (TPSA) is 63.6 Å². The number of aliphatic carboxylic acids is 1. The Hall–Kier alpha value is -1.03. The number of ether oxygens (including phenoxy) is 1. The summed E-state index contributed by atoms with van der Waals surface area (Å²) >= 11 is 5.73. The van der Waals surface area contributed by atoms with Crippen molar-refractivity contribution < 1.29 is 19.4 Å². The second-order valence-corrected chi connectivity index (χ2v) is 4.96. The molecule has 1 unspecified atom stereocenters. The molecular formula is C11H15ClO4. The Kier molecular flexibility index (Phi) is 3.33. The molecule has 4 nitrogen and oxygen atoms in total. The lowest BCUT2D eigenvalue weighted by atomic mass is 9.95. The maximum Gasteiger partial charge on any atom is 0.349 e. The molecule has 1 aliphatic carbocycles. The summed E-state index contributed by atoms with van der Waals surface area (Å²) in [5.41, 5.74) is -1.40. The van der Waals surface area contributed by atoms with Crippen LogP contribution in [-0.2, 0) is 14.3 Å². The first kappa shape index (κ1) is 13.0. The van der Waals surface area contributed by atoms with E-state index in [0.29, 0.717) is 6.42 Å². The van der Waals surface area contributed by atoms with Gasteiger partial charge in [0.25, 0.3) is 0 Å². The molecule has 16 heavy (non-hydrogen) atoms. The van der Waals surface area contributed by atoms with Gasteiger partial charge in [0.05, 0.1) is 12.0 Å². The van der Waals surface area contributed by atoms with Crippen LogP contribution >= 0.6 is 11.6 Å². The van der Waals surface area contributed by atoms with E-state index >= 15 is 0 Å². The van der Waals surface area contributed by atoms with Gasteiger partial charge in [-0.25, -0.2) is 4.79 Å². The van der Waals surface area contributed by atoms with Gasteiger partial charge >= 0.3 is 11.9 Å². The number of carbonyl (C=O) groups excluding carboxylic acids is 1. The molecule has 0 aromatic heterocycles. The van der Waals surface area contributed by atoms with Crippen LogP contribution in [0.4, 0.5) is 0 Å². The van der Waals surface area contributed by atoms with E-state index in [1.807, 2.05) is 13.8 Å².